The summed E-state index contributed by atoms with van der Waals surface area (Å²) in [5.74, 6) is 1.26. The van der Waals surface area contributed by atoms with E-state index in [0.29, 0.717) is 11.8 Å². The number of carbonyl (C=O) groups is 1. The average Bonchev–Trinajstić information content (AvgIpc) is 2.27. The van der Waals surface area contributed by atoms with E-state index >= 15 is 0 Å². The number of carbonyl (C=O) groups excluding carboxylic acids is 1. The fourth-order valence-corrected chi connectivity index (χ4v) is 3.67. The second kappa shape index (κ2) is 6.05. The van der Waals surface area contributed by atoms with Crippen LogP contribution >= 0.6 is 0 Å². The number of hydrogen-bond acceptors (Lipinski definition) is 3. The van der Waals surface area contributed by atoms with E-state index in [0.717, 1.165) is 38.5 Å². The molecular formula is C15H27NO2. The van der Waals surface area contributed by atoms with Gasteiger partial charge < -0.3 is 10.5 Å². The summed E-state index contributed by atoms with van der Waals surface area (Å²) in [6, 6.07) is 0.0182. The molecule has 0 saturated heterocycles. The minimum Gasteiger partial charge on any atom is -0.462 e. The summed E-state index contributed by atoms with van der Waals surface area (Å²) in [4.78, 5) is 12.2. The molecule has 3 heteroatoms. The second-order valence-electron chi connectivity index (χ2n) is 6.53. The molecule has 0 bridgehead atoms. The maximum absolute atomic E-state index is 12.2. The van der Waals surface area contributed by atoms with Crippen LogP contribution < -0.4 is 5.73 Å². The van der Waals surface area contributed by atoms with Crippen LogP contribution in [-0.4, -0.2) is 18.1 Å². The summed E-state index contributed by atoms with van der Waals surface area (Å²) in [6.07, 6.45) is 7.60. The maximum atomic E-state index is 12.2. The van der Waals surface area contributed by atoms with Crippen LogP contribution in [-0.2, 0) is 9.53 Å². The molecule has 2 aliphatic carbocycles. The highest BCUT2D eigenvalue weighted by molar-refractivity contribution is 5.73. The second-order valence-corrected chi connectivity index (χ2v) is 6.53. The first-order chi connectivity index (χ1) is 8.56. The van der Waals surface area contributed by atoms with Crippen molar-refractivity contribution in [1.29, 1.82) is 0 Å². The van der Waals surface area contributed by atoms with Crippen LogP contribution in [0, 0.1) is 17.8 Å². The van der Waals surface area contributed by atoms with Gasteiger partial charge in [0.15, 0.2) is 0 Å². The monoisotopic (exact) mass is 253 g/mol. The normalized spacial score (nSPS) is 41.4. The molecule has 0 aromatic rings. The van der Waals surface area contributed by atoms with Gasteiger partial charge >= 0.3 is 5.97 Å². The van der Waals surface area contributed by atoms with Crippen molar-refractivity contribution in [3.05, 3.63) is 0 Å². The Hall–Kier alpha value is -0.570. The fourth-order valence-electron chi connectivity index (χ4n) is 3.67. The van der Waals surface area contributed by atoms with E-state index in [1.807, 2.05) is 0 Å². The zero-order valence-corrected chi connectivity index (χ0v) is 11.7. The molecule has 2 saturated carbocycles. The lowest BCUT2D eigenvalue weighted by Gasteiger charge is -2.33. The van der Waals surface area contributed by atoms with E-state index in [9.17, 15) is 4.79 Å². The summed E-state index contributed by atoms with van der Waals surface area (Å²) in [6.45, 7) is 4.51. The van der Waals surface area contributed by atoms with Crippen molar-refractivity contribution in [3.63, 3.8) is 0 Å². The lowest BCUT2D eigenvalue weighted by Crippen LogP contribution is -2.41. The van der Waals surface area contributed by atoms with Crippen molar-refractivity contribution in [2.45, 2.75) is 70.9 Å². The van der Waals surface area contributed by atoms with Gasteiger partial charge in [-0.3, -0.25) is 4.79 Å². The van der Waals surface area contributed by atoms with Crippen molar-refractivity contribution >= 4 is 5.97 Å². The average molecular weight is 253 g/mol. The van der Waals surface area contributed by atoms with Crippen LogP contribution in [0.5, 0.6) is 0 Å². The Labute approximate surface area is 110 Å². The molecule has 2 fully saturated rings. The highest BCUT2D eigenvalue weighted by Gasteiger charge is 2.33. The molecule has 4 atom stereocenters. The molecule has 2 aliphatic rings. The van der Waals surface area contributed by atoms with Crippen molar-refractivity contribution in [2.75, 3.05) is 0 Å². The van der Waals surface area contributed by atoms with Crippen LogP contribution in [0.1, 0.15) is 58.8 Å². The Morgan fingerprint density at radius 2 is 1.67 bits per heavy atom. The summed E-state index contributed by atoms with van der Waals surface area (Å²) in [7, 11) is 0. The number of ether oxygens (including phenoxy) is 1. The van der Waals surface area contributed by atoms with E-state index in [4.69, 9.17) is 10.5 Å². The molecule has 18 heavy (non-hydrogen) atoms. The highest BCUT2D eigenvalue weighted by atomic mass is 16.5. The third kappa shape index (κ3) is 3.47. The minimum absolute atomic E-state index is 0.0182. The zero-order valence-electron chi connectivity index (χ0n) is 11.7. The molecule has 0 heterocycles. The smallest absolute Gasteiger partial charge is 0.310 e. The van der Waals surface area contributed by atoms with Gasteiger partial charge in [0, 0.05) is 6.04 Å². The van der Waals surface area contributed by atoms with E-state index < -0.39 is 0 Å². The first-order valence-electron chi connectivity index (χ1n) is 7.52. The molecular weight excluding hydrogens is 226 g/mol. The molecule has 0 aliphatic heterocycles. The van der Waals surface area contributed by atoms with Gasteiger partial charge in [-0.15, -0.1) is 0 Å². The summed E-state index contributed by atoms with van der Waals surface area (Å²) in [5.41, 5.74) is 6.04. The Balaban J connectivity index is 1.86. The number of esters is 1. The molecule has 104 valence electrons. The topological polar surface area (TPSA) is 52.3 Å². The van der Waals surface area contributed by atoms with Gasteiger partial charge in [-0.1, -0.05) is 26.7 Å². The molecule has 2 rings (SSSR count). The first kappa shape index (κ1) is 13.9. The Bertz CT molecular complexity index is 282. The van der Waals surface area contributed by atoms with Crippen LogP contribution in [0.2, 0.25) is 0 Å². The van der Waals surface area contributed by atoms with Gasteiger partial charge in [-0.2, -0.15) is 0 Å². The van der Waals surface area contributed by atoms with Crippen molar-refractivity contribution in [2.24, 2.45) is 23.5 Å². The predicted molar refractivity (Wildman–Crippen MR) is 72.0 cm³/mol. The summed E-state index contributed by atoms with van der Waals surface area (Å²) < 4.78 is 5.72. The Morgan fingerprint density at radius 3 is 2.28 bits per heavy atom. The van der Waals surface area contributed by atoms with Gasteiger partial charge in [0.05, 0.1) is 5.92 Å². The van der Waals surface area contributed by atoms with E-state index in [2.05, 4.69) is 13.8 Å². The van der Waals surface area contributed by atoms with Crippen LogP contribution in [0.4, 0.5) is 0 Å². The molecule has 0 aromatic heterocycles. The molecule has 4 unspecified atom stereocenters. The van der Waals surface area contributed by atoms with Crippen molar-refractivity contribution < 1.29 is 9.53 Å². The quantitative estimate of drug-likeness (QED) is 0.770. The van der Waals surface area contributed by atoms with E-state index in [1.165, 1.54) is 6.42 Å². The molecule has 0 amide bonds. The maximum Gasteiger partial charge on any atom is 0.310 e. The van der Waals surface area contributed by atoms with Crippen molar-refractivity contribution in [3.8, 4) is 0 Å². The van der Waals surface area contributed by atoms with Crippen LogP contribution in [0.3, 0.4) is 0 Å². The van der Waals surface area contributed by atoms with Gasteiger partial charge in [0.2, 0.25) is 0 Å². The lowest BCUT2D eigenvalue weighted by atomic mass is 9.81. The largest absolute Gasteiger partial charge is 0.462 e. The third-order valence-electron chi connectivity index (χ3n) is 4.54. The van der Waals surface area contributed by atoms with Crippen molar-refractivity contribution in [1.82, 2.24) is 0 Å². The third-order valence-corrected chi connectivity index (χ3v) is 4.54. The number of rotatable bonds is 2. The summed E-state index contributed by atoms with van der Waals surface area (Å²) >= 11 is 0. The number of hydrogen-bond donors (Lipinski definition) is 1. The highest BCUT2D eigenvalue weighted by Crippen LogP contribution is 2.32. The Morgan fingerprint density at radius 1 is 1.06 bits per heavy atom. The Kier molecular flexibility index (Phi) is 4.66. The van der Waals surface area contributed by atoms with E-state index in [1.54, 1.807) is 0 Å². The molecule has 3 nitrogen and oxygen atoms in total. The molecule has 0 radical (unpaired) electrons. The van der Waals surface area contributed by atoms with Crippen LogP contribution in [0.15, 0.2) is 0 Å². The molecule has 2 N–H and O–H groups in total. The van der Waals surface area contributed by atoms with Gasteiger partial charge in [0.25, 0.3) is 0 Å². The first-order valence-corrected chi connectivity index (χ1v) is 7.52. The lowest BCUT2D eigenvalue weighted by molar-refractivity contribution is -0.158. The predicted octanol–water partition coefficient (Wildman–Crippen LogP) is 2.87. The molecule has 0 aromatic carbocycles. The van der Waals surface area contributed by atoms with Crippen LogP contribution in [0.25, 0.3) is 0 Å². The van der Waals surface area contributed by atoms with Gasteiger partial charge in [-0.05, 0) is 43.9 Å². The number of nitrogens with two attached hydrogens (primary N) is 1. The SMILES string of the molecule is CC1CC(C)CC(OC(=O)C2CCCCC2N)C1. The van der Waals surface area contributed by atoms with Gasteiger partial charge in [0.1, 0.15) is 6.10 Å². The summed E-state index contributed by atoms with van der Waals surface area (Å²) in [5, 5.41) is 0. The van der Waals surface area contributed by atoms with E-state index in [-0.39, 0.29) is 24.0 Å². The van der Waals surface area contributed by atoms with Gasteiger partial charge in [-0.25, -0.2) is 0 Å². The minimum atomic E-state index is -0.0497. The standard InChI is InChI=1S/C15H27NO2/c1-10-7-11(2)9-12(8-10)18-15(17)13-5-3-4-6-14(13)16/h10-14H,3-9,16H2,1-2H3. The molecule has 0 spiro atoms. The fraction of sp³-hybridized carbons (Fsp3) is 0.933. The zero-order chi connectivity index (χ0) is 13.1.